The second-order valence-electron chi connectivity index (χ2n) is 26.7. The van der Waals surface area contributed by atoms with Gasteiger partial charge in [-0.25, -0.2) is 9.13 Å². The lowest BCUT2D eigenvalue weighted by atomic mass is 9.99. The van der Waals surface area contributed by atoms with Gasteiger partial charge in [0.25, 0.3) is 0 Å². The van der Waals surface area contributed by atoms with Crippen LogP contribution < -0.4 is 0 Å². The maximum Gasteiger partial charge on any atom is 0.472 e. The molecule has 0 saturated carbocycles. The predicted molar refractivity (Wildman–Crippen MR) is 368 cm³/mol. The Morgan fingerprint density at radius 1 is 0.319 bits per heavy atom. The highest BCUT2D eigenvalue weighted by Gasteiger charge is 2.30. The molecule has 0 aromatic carbocycles. The molecule has 0 heterocycles. The molecule has 91 heavy (non-hydrogen) atoms. The van der Waals surface area contributed by atoms with E-state index in [-0.39, 0.29) is 25.7 Å². The first-order valence-corrected chi connectivity index (χ1v) is 40.5. The third kappa shape index (κ3) is 65.1. The van der Waals surface area contributed by atoms with Gasteiger partial charge in [-0.05, 0) is 37.5 Å². The molecule has 6 atom stereocenters. The van der Waals surface area contributed by atoms with Crippen molar-refractivity contribution in [2.24, 2.45) is 11.8 Å². The van der Waals surface area contributed by atoms with Crippen LogP contribution in [0.1, 0.15) is 369 Å². The Balaban J connectivity index is 5.20. The molecule has 0 rings (SSSR count). The summed E-state index contributed by atoms with van der Waals surface area (Å²) in [7, 11) is -9.90. The number of hydrogen-bond donors (Lipinski definition) is 3. The number of unbranched alkanes of at least 4 members (excludes halogenated alkanes) is 40. The lowest BCUT2D eigenvalue weighted by Crippen LogP contribution is -2.30. The van der Waals surface area contributed by atoms with E-state index >= 15 is 0 Å². The molecule has 0 bridgehead atoms. The number of carbonyl (C=O) groups is 4. The minimum absolute atomic E-state index is 0.107. The van der Waals surface area contributed by atoms with Crippen molar-refractivity contribution < 1.29 is 80.2 Å². The quantitative estimate of drug-likeness (QED) is 0.0222. The van der Waals surface area contributed by atoms with E-state index in [0.717, 1.165) is 115 Å². The molecular weight excluding hydrogens is 1200 g/mol. The number of ether oxygens (including phenoxy) is 4. The van der Waals surface area contributed by atoms with Gasteiger partial charge in [-0.2, -0.15) is 0 Å². The zero-order valence-electron chi connectivity index (χ0n) is 59.1. The maximum atomic E-state index is 13.0. The molecule has 19 heteroatoms. The van der Waals surface area contributed by atoms with Crippen molar-refractivity contribution in [2.45, 2.75) is 387 Å². The average Bonchev–Trinajstić information content (AvgIpc) is 2.69. The highest BCUT2D eigenvalue weighted by molar-refractivity contribution is 7.47. The Kier molecular flexibility index (Phi) is 62.7. The molecule has 0 aromatic heterocycles. The summed E-state index contributed by atoms with van der Waals surface area (Å²) in [6.45, 7) is 9.58. The van der Waals surface area contributed by atoms with E-state index < -0.39 is 97.5 Å². The highest BCUT2D eigenvalue weighted by Crippen LogP contribution is 2.45. The maximum absolute atomic E-state index is 13.0. The van der Waals surface area contributed by atoms with Crippen LogP contribution in [-0.4, -0.2) is 96.7 Å². The van der Waals surface area contributed by atoms with Gasteiger partial charge in [-0.1, -0.05) is 318 Å². The van der Waals surface area contributed by atoms with Crippen LogP contribution in [0.2, 0.25) is 0 Å². The monoisotopic (exact) mass is 1340 g/mol. The molecule has 0 amide bonds. The first-order chi connectivity index (χ1) is 43.9. The van der Waals surface area contributed by atoms with Crippen LogP contribution in [0.25, 0.3) is 0 Å². The van der Waals surface area contributed by atoms with Gasteiger partial charge < -0.3 is 33.8 Å². The number of aliphatic hydroxyl groups is 1. The Morgan fingerprint density at radius 3 is 0.835 bits per heavy atom. The van der Waals surface area contributed by atoms with Crippen LogP contribution in [-0.2, 0) is 65.4 Å². The van der Waals surface area contributed by atoms with Crippen LogP contribution in [0.3, 0.4) is 0 Å². The van der Waals surface area contributed by atoms with Crippen molar-refractivity contribution in [3.05, 3.63) is 0 Å². The van der Waals surface area contributed by atoms with Crippen molar-refractivity contribution in [2.75, 3.05) is 39.6 Å². The van der Waals surface area contributed by atoms with Gasteiger partial charge in [-0.3, -0.25) is 37.3 Å². The molecule has 3 unspecified atom stereocenters. The Morgan fingerprint density at radius 2 is 0.560 bits per heavy atom. The van der Waals surface area contributed by atoms with Crippen LogP contribution in [0.15, 0.2) is 0 Å². The normalized spacial score (nSPS) is 14.4. The number of rotatable bonds is 71. The van der Waals surface area contributed by atoms with E-state index in [1.165, 1.54) is 173 Å². The van der Waals surface area contributed by atoms with Gasteiger partial charge in [0, 0.05) is 25.7 Å². The SMILES string of the molecule is CCCCCCCCCCCCCCCC(=O)O[C@H](COC(=O)CCCCCCCCC)COP(=O)(O)OC[C@H](O)COP(=O)(O)OC[C@@H](COC(=O)CCCCCCCCCCCCC(C)C)OC(=O)CCCCCCCCCCCCCCCCC(C)CC. The summed E-state index contributed by atoms with van der Waals surface area (Å²) < 4.78 is 68.3. The molecule has 0 spiro atoms. The van der Waals surface area contributed by atoms with E-state index in [1.54, 1.807) is 0 Å². The highest BCUT2D eigenvalue weighted by atomic mass is 31.2. The molecule has 0 aliphatic rings. The van der Waals surface area contributed by atoms with Crippen molar-refractivity contribution in [1.29, 1.82) is 0 Å². The molecule has 3 N–H and O–H groups in total. The average molecular weight is 1340 g/mol. The lowest BCUT2D eigenvalue weighted by molar-refractivity contribution is -0.161. The minimum Gasteiger partial charge on any atom is -0.462 e. The van der Waals surface area contributed by atoms with Crippen molar-refractivity contribution in [3.8, 4) is 0 Å². The number of phosphoric ester groups is 2. The molecule has 540 valence electrons. The number of esters is 4. The molecule has 0 aliphatic heterocycles. The third-order valence-electron chi connectivity index (χ3n) is 17.1. The van der Waals surface area contributed by atoms with Crippen LogP contribution >= 0.6 is 15.6 Å². The van der Waals surface area contributed by atoms with E-state index in [0.29, 0.717) is 25.7 Å². The molecule has 0 saturated heterocycles. The summed E-state index contributed by atoms with van der Waals surface area (Å²) in [4.78, 5) is 72.5. The van der Waals surface area contributed by atoms with E-state index in [4.69, 9.17) is 37.0 Å². The van der Waals surface area contributed by atoms with Crippen molar-refractivity contribution >= 4 is 39.5 Å². The summed E-state index contributed by atoms with van der Waals surface area (Å²) in [5.74, 6) is -0.520. The first-order valence-electron chi connectivity index (χ1n) is 37.5. The molecule has 0 fully saturated rings. The smallest absolute Gasteiger partial charge is 0.462 e. The van der Waals surface area contributed by atoms with E-state index in [9.17, 15) is 43.2 Å². The molecule has 0 aliphatic carbocycles. The van der Waals surface area contributed by atoms with E-state index in [1.807, 2.05) is 0 Å². The van der Waals surface area contributed by atoms with Gasteiger partial charge in [-0.15, -0.1) is 0 Å². The Bertz CT molecular complexity index is 1770. The van der Waals surface area contributed by atoms with Crippen molar-refractivity contribution in [1.82, 2.24) is 0 Å². The Labute approximate surface area is 556 Å². The molecular formula is C72H140O17P2. The fourth-order valence-electron chi connectivity index (χ4n) is 10.9. The van der Waals surface area contributed by atoms with Gasteiger partial charge in [0.1, 0.15) is 19.3 Å². The summed E-state index contributed by atoms with van der Waals surface area (Å²) in [5, 5.41) is 10.6. The summed E-state index contributed by atoms with van der Waals surface area (Å²) >= 11 is 0. The third-order valence-corrected chi connectivity index (χ3v) is 19.0. The second kappa shape index (κ2) is 64.1. The fourth-order valence-corrected chi connectivity index (χ4v) is 12.5. The first kappa shape index (κ1) is 89.1. The largest absolute Gasteiger partial charge is 0.472 e. The summed E-state index contributed by atoms with van der Waals surface area (Å²) in [5.41, 5.74) is 0. The van der Waals surface area contributed by atoms with Gasteiger partial charge in [0.2, 0.25) is 0 Å². The van der Waals surface area contributed by atoms with Gasteiger partial charge in [0.05, 0.1) is 26.4 Å². The summed E-state index contributed by atoms with van der Waals surface area (Å²) in [6, 6.07) is 0. The van der Waals surface area contributed by atoms with Crippen LogP contribution in [0.4, 0.5) is 0 Å². The van der Waals surface area contributed by atoms with Crippen LogP contribution in [0, 0.1) is 11.8 Å². The van der Waals surface area contributed by atoms with Crippen LogP contribution in [0.5, 0.6) is 0 Å². The van der Waals surface area contributed by atoms with Gasteiger partial charge in [0.15, 0.2) is 12.2 Å². The minimum atomic E-state index is -4.95. The zero-order chi connectivity index (χ0) is 67.2. The lowest BCUT2D eigenvalue weighted by Gasteiger charge is -2.21. The van der Waals surface area contributed by atoms with Crippen molar-refractivity contribution in [3.63, 3.8) is 0 Å². The number of hydrogen-bond acceptors (Lipinski definition) is 15. The predicted octanol–water partition coefficient (Wildman–Crippen LogP) is 20.8. The zero-order valence-corrected chi connectivity index (χ0v) is 60.9. The number of aliphatic hydroxyl groups excluding tert-OH is 1. The standard InChI is InChI=1S/C72H140O17P2/c1-7-10-12-14-16-17-18-21-25-32-38-44-50-56-71(76)88-67(60-82-69(74)54-48-42-34-15-13-11-8-2)62-86-90(78,79)84-58-66(73)59-85-91(80,81)87-63-68(61-83-70(75)55-49-43-37-31-28-27-29-35-40-46-52-64(4)5)89-72(77)57-51-45-39-33-26-23-20-19-22-24-30-36-41-47-53-65(6)9-3/h64-68,73H,7-63H2,1-6H3,(H,78,79)(H,80,81)/t65?,66-,67+,68+/m0/s1. The molecule has 0 aromatic rings. The number of carbonyl (C=O) groups excluding carboxylic acids is 4. The van der Waals surface area contributed by atoms with E-state index in [2.05, 4.69) is 41.5 Å². The fraction of sp³-hybridized carbons (Fsp3) is 0.944. The Hall–Kier alpha value is -1.94. The molecule has 17 nitrogen and oxygen atoms in total. The summed E-state index contributed by atoms with van der Waals surface area (Å²) in [6.07, 6.45) is 49.9. The second-order valence-corrected chi connectivity index (χ2v) is 29.6. The number of phosphoric acid groups is 2. The molecule has 0 radical (unpaired) electrons. The topological polar surface area (TPSA) is 237 Å². The van der Waals surface area contributed by atoms with Gasteiger partial charge >= 0.3 is 39.5 Å².